The zero-order valence-corrected chi connectivity index (χ0v) is 14.6. The predicted molar refractivity (Wildman–Crippen MR) is 99.3 cm³/mol. The maximum atomic E-state index is 12.2. The van der Waals surface area contributed by atoms with Gasteiger partial charge in [-0.15, -0.1) is 0 Å². The third-order valence-electron chi connectivity index (χ3n) is 5.56. The van der Waals surface area contributed by atoms with Gasteiger partial charge in [0.2, 0.25) is 0 Å². The van der Waals surface area contributed by atoms with Crippen molar-refractivity contribution in [2.45, 2.75) is 38.1 Å². The number of hydrogen-bond donors (Lipinski definition) is 1. The number of H-pyrrole nitrogens is 1. The van der Waals surface area contributed by atoms with Crippen LogP contribution in [0.1, 0.15) is 37.3 Å². The standard InChI is InChI=1S/C19H22N6O/c26-17-4-3-16(14-1-2-14)23-25(17)11-13-6-9-24(10-7-13)19-15-5-8-20-18(15)21-12-22-19/h3-5,8,12-14H,1-2,6-7,9-11H2,(H,20,21,22). The highest BCUT2D eigenvalue weighted by molar-refractivity contribution is 5.87. The van der Waals surface area contributed by atoms with Crippen LogP contribution in [0.5, 0.6) is 0 Å². The SMILES string of the molecule is O=c1ccc(C2CC2)nn1CC1CCN(c2ncnc3[nH]ccc23)CC1. The minimum Gasteiger partial charge on any atom is -0.356 e. The molecule has 134 valence electrons. The predicted octanol–water partition coefficient (Wildman–Crippen LogP) is 2.31. The molecule has 1 N–H and O–H groups in total. The molecule has 4 heterocycles. The summed E-state index contributed by atoms with van der Waals surface area (Å²) in [6.45, 7) is 2.61. The average molecular weight is 350 g/mol. The highest BCUT2D eigenvalue weighted by Gasteiger charge is 2.27. The van der Waals surface area contributed by atoms with Gasteiger partial charge in [-0.2, -0.15) is 5.10 Å². The minimum absolute atomic E-state index is 0.0154. The number of fused-ring (bicyclic) bond motifs is 1. The molecule has 7 heteroatoms. The van der Waals surface area contributed by atoms with Gasteiger partial charge in [-0.3, -0.25) is 4.79 Å². The number of piperidine rings is 1. The molecular weight excluding hydrogens is 328 g/mol. The van der Waals surface area contributed by atoms with Crippen molar-refractivity contribution in [2.24, 2.45) is 5.92 Å². The summed E-state index contributed by atoms with van der Waals surface area (Å²) in [6, 6.07) is 5.61. The summed E-state index contributed by atoms with van der Waals surface area (Å²) in [5, 5.41) is 5.68. The van der Waals surface area contributed by atoms with Crippen molar-refractivity contribution in [1.82, 2.24) is 24.7 Å². The Morgan fingerprint density at radius 2 is 1.92 bits per heavy atom. The van der Waals surface area contributed by atoms with E-state index in [4.69, 9.17) is 0 Å². The summed E-state index contributed by atoms with van der Waals surface area (Å²) in [6.07, 6.45) is 8.01. The lowest BCUT2D eigenvalue weighted by atomic mass is 9.96. The van der Waals surface area contributed by atoms with Crippen LogP contribution in [0.25, 0.3) is 11.0 Å². The Balaban J connectivity index is 1.28. The van der Waals surface area contributed by atoms with Gasteiger partial charge in [-0.25, -0.2) is 14.6 Å². The molecule has 2 aliphatic rings. The third kappa shape index (κ3) is 2.87. The van der Waals surface area contributed by atoms with Crippen LogP contribution in [0, 0.1) is 5.92 Å². The van der Waals surface area contributed by atoms with Crippen molar-refractivity contribution in [2.75, 3.05) is 18.0 Å². The summed E-state index contributed by atoms with van der Waals surface area (Å²) in [5.74, 6) is 2.06. The first-order valence-corrected chi connectivity index (χ1v) is 9.39. The fourth-order valence-electron chi connectivity index (χ4n) is 3.87. The molecule has 0 bridgehead atoms. The minimum atomic E-state index is 0.0154. The van der Waals surface area contributed by atoms with Gasteiger partial charge < -0.3 is 9.88 Å². The second-order valence-corrected chi connectivity index (χ2v) is 7.42. The maximum absolute atomic E-state index is 12.2. The van der Waals surface area contributed by atoms with Crippen LogP contribution < -0.4 is 10.5 Å². The van der Waals surface area contributed by atoms with Crippen molar-refractivity contribution in [3.63, 3.8) is 0 Å². The Hall–Kier alpha value is -2.70. The summed E-state index contributed by atoms with van der Waals surface area (Å²) >= 11 is 0. The number of nitrogens with one attached hydrogen (secondary N) is 1. The monoisotopic (exact) mass is 350 g/mol. The third-order valence-corrected chi connectivity index (χ3v) is 5.56. The first kappa shape index (κ1) is 15.5. The van der Waals surface area contributed by atoms with Crippen molar-refractivity contribution in [3.8, 4) is 0 Å². The van der Waals surface area contributed by atoms with E-state index in [1.807, 2.05) is 18.3 Å². The number of anilines is 1. The van der Waals surface area contributed by atoms with Gasteiger partial charge in [-0.1, -0.05) is 0 Å². The highest BCUT2D eigenvalue weighted by atomic mass is 16.1. The average Bonchev–Trinajstić information content (AvgIpc) is 3.40. The van der Waals surface area contributed by atoms with Crippen LogP contribution in [0.2, 0.25) is 0 Å². The second-order valence-electron chi connectivity index (χ2n) is 7.42. The quantitative estimate of drug-likeness (QED) is 0.781. The first-order valence-electron chi connectivity index (χ1n) is 9.39. The Morgan fingerprint density at radius 1 is 1.08 bits per heavy atom. The molecule has 1 aliphatic carbocycles. The molecule has 7 nitrogen and oxygen atoms in total. The number of aromatic amines is 1. The zero-order chi connectivity index (χ0) is 17.5. The molecule has 5 rings (SSSR count). The van der Waals surface area contributed by atoms with Crippen molar-refractivity contribution < 1.29 is 0 Å². The van der Waals surface area contributed by atoms with E-state index in [0.29, 0.717) is 11.8 Å². The van der Waals surface area contributed by atoms with E-state index < -0.39 is 0 Å². The molecule has 1 saturated heterocycles. The molecular formula is C19H22N6O. The zero-order valence-electron chi connectivity index (χ0n) is 14.6. The molecule has 0 unspecified atom stereocenters. The number of hydrogen-bond acceptors (Lipinski definition) is 5. The highest BCUT2D eigenvalue weighted by Crippen LogP contribution is 2.38. The topological polar surface area (TPSA) is 79.7 Å². The Kier molecular flexibility index (Phi) is 3.72. The van der Waals surface area contributed by atoms with Crippen molar-refractivity contribution in [3.05, 3.63) is 46.8 Å². The Labute approximate surface area is 151 Å². The summed E-state index contributed by atoms with van der Waals surface area (Å²) < 4.78 is 1.68. The summed E-state index contributed by atoms with van der Waals surface area (Å²) in [4.78, 5) is 26.4. The van der Waals surface area contributed by atoms with Gasteiger partial charge in [0.15, 0.2) is 0 Å². The van der Waals surface area contributed by atoms with Gasteiger partial charge in [0.25, 0.3) is 5.56 Å². The Morgan fingerprint density at radius 3 is 2.73 bits per heavy atom. The van der Waals surface area contributed by atoms with Crippen LogP contribution in [-0.2, 0) is 6.54 Å². The first-order chi connectivity index (χ1) is 12.8. The van der Waals surface area contributed by atoms with Crippen LogP contribution in [0.15, 0.2) is 35.5 Å². The smallest absolute Gasteiger partial charge is 0.266 e. The number of nitrogens with zero attached hydrogens (tertiary/aromatic N) is 5. The molecule has 1 saturated carbocycles. The van der Waals surface area contributed by atoms with Crippen LogP contribution in [0.4, 0.5) is 5.82 Å². The normalized spacial score (nSPS) is 18.5. The Bertz CT molecular complexity index is 981. The van der Waals surface area contributed by atoms with E-state index in [9.17, 15) is 4.79 Å². The molecule has 3 aromatic heterocycles. The van der Waals surface area contributed by atoms with Gasteiger partial charge in [0, 0.05) is 37.8 Å². The molecule has 0 spiro atoms. The van der Waals surface area contributed by atoms with Crippen LogP contribution >= 0.6 is 0 Å². The summed E-state index contributed by atoms with van der Waals surface area (Å²) in [5.41, 5.74) is 1.98. The lowest BCUT2D eigenvalue weighted by Crippen LogP contribution is -2.37. The van der Waals surface area contributed by atoms with Gasteiger partial charge in [-0.05, 0) is 43.7 Å². The number of rotatable bonds is 4. The molecule has 2 fully saturated rings. The largest absolute Gasteiger partial charge is 0.356 e. The number of aromatic nitrogens is 5. The van der Waals surface area contributed by atoms with Gasteiger partial charge >= 0.3 is 0 Å². The van der Waals surface area contributed by atoms with Crippen molar-refractivity contribution in [1.29, 1.82) is 0 Å². The lowest BCUT2D eigenvalue weighted by Gasteiger charge is -2.33. The molecule has 26 heavy (non-hydrogen) atoms. The molecule has 0 amide bonds. The second kappa shape index (κ2) is 6.23. The molecule has 0 radical (unpaired) electrons. The molecule has 1 aliphatic heterocycles. The van der Waals surface area contributed by atoms with E-state index >= 15 is 0 Å². The molecule has 3 aromatic rings. The van der Waals surface area contributed by atoms with Gasteiger partial charge in [0.1, 0.15) is 17.8 Å². The lowest BCUT2D eigenvalue weighted by molar-refractivity contribution is 0.333. The van der Waals surface area contributed by atoms with Crippen LogP contribution in [0.3, 0.4) is 0 Å². The fraction of sp³-hybridized carbons (Fsp3) is 0.474. The van der Waals surface area contributed by atoms with E-state index in [1.165, 1.54) is 12.8 Å². The van der Waals surface area contributed by atoms with E-state index in [-0.39, 0.29) is 5.56 Å². The maximum Gasteiger partial charge on any atom is 0.266 e. The van der Waals surface area contributed by atoms with Crippen molar-refractivity contribution >= 4 is 16.9 Å². The van der Waals surface area contributed by atoms with E-state index in [0.717, 1.165) is 55.0 Å². The van der Waals surface area contributed by atoms with E-state index in [2.05, 4.69) is 25.0 Å². The van der Waals surface area contributed by atoms with E-state index in [1.54, 1.807) is 17.1 Å². The fourth-order valence-corrected chi connectivity index (χ4v) is 3.87. The molecule has 0 aromatic carbocycles. The molecule has 0 atom stereocenters. The van der Waals surface area contributed by atoms with Crippen LogP contribution in [-0.4, -0.2) is 37.8 Å². The summed E-state index contributed by atoms with van der Waals surface area (Å²) in [7, 11) is 0. The van der Waals surface area contributed by atoms with Gasteiger partial charge in [0.05, 0.1) is 11.1 Å².